The quantitative estimate of drug-likeness (QED) is 0.542. The normalized spacial score (nSPS) is 13.1. The van der Waals surface area contributed by atoms with Crippen LogP contribution in [-0.4, -0.2) is 26.9 Å². The van der Waals surface area contributed by atoms with Crippen LogP contribution in [0.25, 0.3) is 0 Å². The van der Waals surface area contributed by atoms with Crippen molar-refractivity contribution < 1.29 is 24.9 Å². The Balaban J connectivity index is 2.43. The van der Waals surface area contributed by atoms with E-state index in [1.165, 1.54) is 12.1 Å². The van der Waals surface area contributed by atoms with Crippen molar-refractivity contribution in [3.63, 3.8) is 0 Å². The number of phenols is 3. The highest BCUT2D eigenvalue weighted by Crippen LogP contribution is 2.40. The molecule has 2 aromatic carbocycles. The van der Waals surface area contributed by atoms with Crippen LogP contribution in [-0.2, 0) is 0 Å². The standard InChI is InChI=1S/C15H10O5/c1-6-2-4-8(16)12-10(6)13(18)7-3-5-9(17)14(19)11(7)15(12)20/h2-5,16-17,19H,1H3. The zero-order chi connectivity index (χ0) is 14.6. The van der Waals surface area contributed by atoms with Crippen molar-refractivity contribution in [1.29, 1.82) is 0 Å². The summed E-state index contributed by atoms with van der Waals surface area (Å²) in [5.41, 5.74) is 0.306. The largest absolute Gasteiger partial charge is 0.507 e. The van der Waals surface area contributed by atoms with E-state index >= 15 is 0 Å². The van der Waals surface area contributed by atoms with E-state index in [9.17, 15) is 24.9 Å². The highest BCUT2D eigenvalue weighted by Gasteiger charge is 2.36. The second-order valence-electron chi connectivity index (χ2n) is 4.67. The zero-order valence-electron chi connectivity index (χ0n) is 10.5. The van der Waals surface area contributed by atoms with Crippen molar-refractivity contribution in [2.45, 2.75) is 6.92 Å². The predicted molar refractivity (Wildman–Crippen MR) is 69.5 cm³/mol. The van der Waals surface area contributed by atoms with Crippen molar-refractivity contribution in [2.24, 2.45) is 0 Å². The topological polar surface area (TPSA) is 94.8 Å². The molecule has 3 N–H and O–H groups in total. The number of carbonyl (C=O) groups excluding carboxylic acids is 2. The summed E-state index contributed by atoms with van der Waals surface area (Å²) < 4.78 is 0. The fraction of sp³-hybridized carbons (Fsp3) is 0.0667. The Kier molecular flexibility index (Phi) is 2.34. The van der Waals surface area contributed by atoms with E-state index in [4.69, 9.17) is 0 Å². The van der Waals surface area contributed by atoms with Gasteiger partial charge >= 0.3 is 0 Å². The van der Waals surface area contributed by atoms with Crippen molar-refractivity contribution in [1.82, 2.24) is 0 Å². The molecular weight excluding hydrogens is 260 g/mol. The van der Waals surface area contributed by atoms with Gasteiger partial charge in [-0.05, 0) is 30.7 Å². The SMILES string of the molecule is Cc1ccc(O)c2c1C(=O)c1ccc(O)c(O)c1C2=O. The van der Waals surface area contributed by atoms with E-state index < -0.39 is 23.1 Å². The summed E-state index contributed by atoms with van der Waals surface area (Å²) in [7, 11) is 0. The van der Waals surface area contributed by atoms with E-state index in [0.717, 1.165) is 6.07 Å². The summed E-state index contributed by atoms with van der Waals surface area (Å²) in [5, 5.41) is 29.1. The summed E-state index contributed by atoms with van der Waals surface area (Å²) in [6, 6.07) is 5.31. The number of benzene rings is 2. The molecule has 0 saturated heterocycles. The lowest BCUT2D eigenvalue weighted by molar-refractivity contribution is 0.0973. The Labute approximate surface area is 113 Å². The van der Waals surface area contributed by atoms with Gasteiger partial charge in [-0.15, -0.1) is 0 Å². The fourth-order valence-corrected chi connectivity index (χ4v) is 2.48. The third-order valence-corrected chi connectivity index (χ3v) is 3.47. The van der Waals surface area contributed by atoms with Crippen LogP contribution in [0.1, 0.15) is 37.4 Å². The molecule has 0 heterocycles. The van der Waals surface area contributed by atoms with Gasteiger partial charge in [0.05, 0.1) is 11.1 Å². The molecule has 0 bridgehead atoms. The summed E-state index contributed by atoms with van der Waals surface area (Å²) in [6.07, 6.45) is 0. The maximum absolute atomic E-state index is 12.4. The van der Waals surface area contributed by atoms with Gasteiger partial charge in [0, 0.05) is 11.1 Å². The number of rotatable bonds is 0. The van der Waals surface area contributed by atoms with Crippen LogP contribution < -0.4 is 0 Å². The van der Waals surface area contributed by atoms with E-state index in [1.54, 1.807) is 13.0 Å². The lowest BCUT2D eigenvalue weighted by atomic mass is 9.81. The molecule has 0 atom stereocenters. The van der Waals surface area contributed by atoms with E-state index in [-0.39, 0.29) is 28.0 Å². The lowest BCUT2D eigenvalue weighted by Crippen LogP contribution is -2.22. The van der Waals surface area contributed by atoms with Crippen molar-refractivity contribution in [3.05, 3.63) is 52.1 Å². The first-order valence-corrected chi connectivity index (χ1v) is 5.90. The van der Waals surface area contributed by atoms with Gasteiger partial charge in [-0.3, -0.25) is 9.59 Å². The summed E-state index contributed by atoms with van der Waals surface area (Å²) in [5.74, 6) is -2.59. The number of aromatic hydroxyl groups is 3. The minimum Gasteiger partial charge on any atom is -0.507 e. The first-order chi connectivity index (χ1) is 9.43. The van der Waals surface area contributed by atoms with Crippen LogP contribution in [0.4, 0.5) is 0 Å². The van der Waals surface area contributed by atoms with Gasteiger partial charge in [0.2, 0.25) is 5.78 Å². The van der Waals surface area contributed by atoms with Gasteiger partial charge in [0.1, 0.15) is 5.75 Å². The van der Waals surface area contributed by atoms with Gasteiger partial charge in [-0.2, -0.15) is 0 Å². The predicted octanol–water partition coefficient (Wildman–Crippen LogP) is 1.89. The maximum atomic E-state index is 12.4. The molecule has 0 radical (unpaired) electrons. The lowest BCUT2D eigenvalue weighted by Gasteiger charge is -2.21. The fourth-order valence-electron chi connectivity index (χ4n) is 2.48. The van der Waals surface area contributed by atoms with Crippen molar-refractivity contribution in [3.8, 4) is 17.2 Å². The number of fused-ring (bicyclic) bond motifs is 2. The van der Waals surface area contributed by atoms with Crippen molar-refractivity contribution in [2.75, 3.05) is 0 Å². The van der Waals surface area contributed by atoms with Crippen molar-refractivity contribution >= 4 is 11.6 Å². The average molecular weight is 270 g/mol. The smallest absolute Gasteiger partial charge is 0.202 e. The molecule has 0 fully saturated rings. The second kappa shape index (κ2) is 3.84. The van der Waals surface area contributed by atoms with Crippen LogP contribution in [0.3, 0.4) is 0 Å². The van der Waals surface area contributed by atoms with Crippen LogP contribution in [0.2, 0.25) is 0 Å². The number of carbonyl (C=O) groups is 2. The molecule has 1 aliphatic carbocycles. The van der Waals surface area contributed by atoms with Gasteiger partial charge in [-0.25, -0.2) is 0 Å². The second-order valence-corrected chi connectivity index (χ2v) is 4.67. The van der Waals surface area contributed by atoms with Gasteiger partial charge in [-0.1, -0.05) is 6.07 Å². The summed E-state index contributed by atoms with van der Waals surface area (Å²) >= 11 is 0. The van der Waals surface area contributed by atoms with Gasteiger partial charge in [0.25, 0.3) is 0 Å². The molecule has 0 saturated carbocycles. The molecule has 5 heteroatoms. The third kappa shape index (κ3) is 1.37. The Bertz CT molecular complexity index is 785. The molecule has 0 aliphatic heterocycles. The van der Waals surface area contributed by atoms with Gasteiger partial charge < -0.3 is 15.3 Å². The number of aryl methyl sites for hydroxylation is 1. The molecule has 100 valence electrons. The monoisotopic (exact) mass is 270 g/mol. The van der Waals surface area contributed by atoms with Crippen LogP contribution in [0.5, 0.6) is 17.2 Å². The molecule has 5 nitrogen and oxygen atoms in total. The molecule has 0 aromatic heterocycles. The molecule has 1 aliphatic rings. The Morgan fingerprint density at radius 2 is 1.40 bits per heavy atom. The minimum atomic E-state index is -0.677. The van der Waals surface area contributed by atoms with E-state index in [2.05, 4.69) is 0 Å². The van der Waals surface area contributed by atoms with Crippen LogP contribution in [0.15, 0.2) is 24.3 Å². The Morgan fingerprint density at radius 3 is 2.10 bits per heavy atom. The number of ketones is 2. The molecule has 3 rings (SSSR count). The third-order valence-electron chi connectivity index (χ3n) is 3.47. The number of phenolic OH excluding ortho intramolecular Hbond substituents is 3. The zero-order valence-corrected chi connectivity index (χ0v) is 10.5. The summed E-state index contributed by atoms with van der Waals surface area (Å²) in [4.78, 5) is 24.9. The first-order valence-electron chi connectivity index (χ1n) is 5.90. The first kappa shape index (κ1) is 12.2. The molecule has 2 aromatic rings. The van der Waals surface area contributed by atoms with E-state index in [1.807, 2.05) is 0 Å². The highest BCUT2D eigenvalue weighted by molar-refractivity contribution is 6.30. The average Bonchev–Trinajstić information content (AvgIpc) is 2.41. The molecular formula is C15H10O5. The Morgan fingerprint density at radius 1 is 0.750 bits per heavy atom. The number of hydrogen-bond donors (Lipinski definition) is 3. The van der Waals surface area contributed by atoms with Crippen LogP contribution in [0, 0.1) is 6.92 Å². The molecule has 0 spiro atoms. The summed E-state index contributed by atoms with van der Waals surface area (Å²) in [6.45, 7) is 1.66. The Hall–Kier alpha value is -2.82. The maximum Gasteiger partial charge on any atom is 0.202 e. The number of hydrogen-bond acceptors (Lipinski definition) is 5. The molecule has 0 unspecified atom stereocenters. The van der Waals surface area contributed by atoms with Crippen LogP contribution >= 0.6 is 0 Å². The van der Waals surface area contributed by atoms with E-state index in [0.29, 0.717) is 5.56 Å². The molecule has 0 amide bonds. The van der Waals surface area contributed by atoms with Gasteiger partial charge in [0.15, 0.2) is 17.3 Å². The molecule has 20 heavy (non-hydrogen) atoms. The minimum absolute atomic E-state index is 0.0199. The highest BCUT2D eigenvalue weighted by atomic mass is 16.3.